The first-order chi connectivity index (χ1) is 9.15. The third-order valence-electron chi connectivity index (χ3n) is 2.78. The molecule has 0 unspecified atom stereocenters. The molecule has 0 saturated carbocycles. The van der Waals surface area contributed by atoms with Crippen molar-refractivity contribution in [3.8, 4) is 6.07 Å². The molecule has 0 spiro atoms. The first-order valence-corrected chi connectivity index (χ1v) is 6.59. The van der Waals surface area contributed by atoms with Crippen molar-refractivity contribution in [3.63, 3.8) is 0 Å². The topological polar surface area (TPSA) is 60.2 Å². The van der Waals surface area contributed by atoms with Crippen molar-refractivity contribution >= 4 is 5.96 Å². The Kier molecular flexibility index (Phi) is 6.45. The monoisotopic (exact) mass is 258 g/mol. The van der Waals surface area contributed by atoms with E-state index in [1.54, 1.807) is 7.05 Å². The minimum Gasteiger partial charge on any atom is -0.356 e. The summed E-state index contributed by atoms with van der Waals surface area (Å²) in [7, 11) is 1.77. The van der Waals surface area contributed by atoms with Gasteiger partial charge in [0.15, 0.2) is 5.96 Å². The molecule has 0 amide bonds. The molecule has 0 saturated heterocycles. The second kappa shape index (κ2) is 8.15. The lowest BCUT2D eigenvalue weighted by Gasteiger charge is -2.12. The summed E-state index contributed by atoms with van der Waals surface area (Å²) in [5.74, 6) is 1.49. The molecule has 0 aliphatic rings. The number of aliphatic imine (C=N–C) groups is 1. The summed E-state index contributed by atoms with van der Waals surface area (Å²) in [4.78, 5) is 4.18. The summed E-state index contributed by atoms with van der Waals surface area (Å²) in [5.41, 5.74) is 1.81. The van der Waals surface area contributed by atoms with Gasteiger partial charge in [0.05, 0.1) is 11.6 Å². The lowest BCUT2D eigenvalue weighted by molar-refractivity contribution is 0.573. The summed E-state index contributed by atoms with van der Waals surface area (Å²) in [6.45, 7) is 6.03. The molecule has 1 aromatic carbocycles. The van der Waals surface area contributed by atoms with Gasteiger partial charge in [-0.15, -0.1) is 0 Å². The predicted molar refractivity (Wildman–Crippen MR) is 78.8 cm³/mol. The van der Waals surface area contributed by atoms with Crippen molar-refractivity contribution in [1.82, 2.24) is 10.6 Å². The van der Waals surface area contributed by atoms with Gasteiger partial charge >= 0.3 is 0 Å². The van der Waals surface area contributed by atoms with Crippen LogP contribution in [0.2, 0.25) is 0 Å². The molecule has 0 fully saturated rings. The number of nitrogens with zero attached hydrogens (tertiary/aromatic N) is 2. The van der Waals surface area contributed by atoms with Crippen LogP contribution in [0.15, 0.2) is 29.3 Å². The second-order valence-electron chi connectivity index (χ2n) is 4.84. The van der Waals surface area contributed by atoms with Crippen molar-refractivity contribution < 1.29 is 0 Å². The van der Waals surface area contributed by atoms with Gasteiger partial charge in [0.25, 0.3) is 0 Å². The maximum atomic E-state index is 8.73. The summed E-state index contributed by atoms with van der Waals surface area (Å²) in [5, 5.41) is 15.3. The van der Waals surface area contributed by atoms with Gasteiger partial charge in [0.2, 0.25) is 0 Å². The minimum atomic E-state index is 0.684. The Hall–Kier alpha value is -2.02. The quantitative estimate of drug-likeness (QED) is 0.629. The number of benzene rings is 1. The highest BCUT2D eigenvalue weighted by atomic mass is 15.2. The molecule has 19 heavy (non-hydrogen) atoms. The second-order valence-corrected chi connectivity index (χ2v) is 4.84. The van der Waals surface area contributed by atoms with Crippen molar-refractivity contribution in [1.29, 1.82) is 5.26 Å². The van der Waals surface area contributed by atoms with Crippen LogP contribution >= 0.6 is 0 Å². The number of hydrogen-bond donors (Lipinski definition) is 2. The molecule has 2 N–H and O–H groups in total. The summed E-state index contributed by atoms with van der Waals surface area (Å²) < 4.78 is 0. The van der Waals surface area contributed by atoms with Gasteiger partial charge in [-0.05, 0) is 30.0 Å². The fourth-order valence-electron chi connectivity index (χ4n) is 1.58. The van der Waals surface area contributed by atoms with Crippen LogP contribution in [0.4, 0.5) is 0 Å². The van der Waals surface area contributed by atoms with Gasteiger partial charge in [0.1, 0.15) is 0 Å². The highest BCUT2D eigenvalue weighted by molar-refractivity contribution is 5.79. The van der Waals surface area contributed by atoms with E-state index >= 15 is 0 Å². The van der Waals surface area contributed by atoms with E-state index in [2.05, 4.69) is 35.5 Å². The largest absolute Gasteiger partial charge is 0.356 e. The van der Waals surface area contributed by atoms with E-state index in [4.69, 9.17) is 5.26 Å². The summed E-state index contributed by atoms with van der Waals surface area (Å²) in [6.07, 6.45) is 1.12. The van der Waals surface area contributed by atoms with Crippen LogP contribution in [0, 0.1) is 17.2 Å². The highest BCUT2D eigenvalue weighted by Gasteiger charge is 1.99. The third-order valence-corrected chi connectivity index (χ3v) is 2.78. The maximum absolute atomic E-state index is 8.73. The molecule has 0 atom stereocenters. The summed E-state index contributed by atoms with van der Waals surface area (Å²) in [6, 6.07) is 9.67. The Morgan fingerprint density at radius 3 is 2.47 bits per heavy atom. The van der Waals surface area contributed by atoms with Crippen LogP contribution in [-0.2, 0) is 6.54 Å². The lowest BCUT2D eigenvalue weighted by Crippen LogP contribution is -2.37. The Labute approximate surface area is 115 Å². The average molecular weight is 258 g/mol. The summed E-state index contributed by atoms with van der Waals surface area (Å²) >= 11 is 0. The number of nitrogens with one attached hydrogen (secondary N) is 2. The zero-order chi connectivity index (χ0) is 14.1. The molecule has 1 rings (SSSR count). The first kappa shape index (κ1) is 15.0. The van der Waals surface area contributed by atoms with Crippen LogP contribution in [0.25, 0.3) is 0 Å². The molecule has 0 bridgehead atoms. The van der Waals surface area contributed by atoms with E-state index in [9.17, 15) is 0 Å². The molecule has 0 aliphatic heterocycles. The molecule has 0 aliphatic carbocycles. The van der Waals surface area contributed by atoms with Gasteiger partial charge in [-0.3, -0.25) is 4.99 Å². The smallest absolute Gasteiger partial charge is 0.191 e. The SMILES string of the molecule is CN=C(NCCC(C)C)NCc1ccc(C#N)cc1. The first-order valence-electron chi connectivity index (χ1n) is 6.59. The fourth-order valence-corrected chi connectivity index (χ4v) is 1.58. The van der Waals surface area contributed by atoms with Crippen LogP contribution in [0.1, 0.15) is 31.4 Å². The van der Waals surface area contributed by atoms with Crippen LogP contribution in [0.5, 0.6) is 0 Å². The Bertz CT molecular complexity index is 440. The van der Waals surface area contributed by atoms with Crippen LogP contribution in [0.3, 0.4) is 0 Å². The van der Waals surface area contributed by atoms with Crippen molar-refractivity contribution in [3.05, 3.63) is 35.4 Å². The van der Waals surface area contributed by atoms with E-state index in [-0.39, 0.29) is 0 Å². The lowest BCUT2D eigenvalue weighted by atomic mass is 10.1. The normalized spacial score (nSPS) is 11.2. The van der Waals surface area contributed by atoms with Crippen molar-refractivity contribution in [2.24, 2.45) is 10.9 Å². The van der Waals surface area contributed by atoms with Gasteiger partial charge in [-0.2, -0.15) is 5.26 Å². The molecule has 0 heterocycles. The Balaban J connectivity index is 2.38. The number of guanidine groups is 1. The van der Waals surface area contributed by atoms with E-state index in [0.717, 1.165) is 24.5 Å². The van der Waals surface area contributed by atoms with Crippen LogP contribution < -0.4 is 10.6 Å². The van der Waals surface area contributed by atoms with Crippen molar-refractivity contribution in [2.45, 2.75) is 26.8 Å². The van der Waals surface area contributed by atoms with E-state index in [1.165, 1.54) is 0 Å². The molecule has 102 valence electrons. The standard InChI is InChI=1S/C15H22N4/c1-12(2)8-9-18-15(17-3)19-11-14-6-4-13(10-16)5-7-14/h4-7,12H,8-9,11H2,1-3H3,(H2,17,18,19). The number of nitriles is 1. The van der Waals surface area contributed by atoms with Gasteiger partial charge in [-0.1, -0.05) is 26.0 Å². The highest BCUT2D eigenvalue weighted by Crippen LogP contribution is 2.02. The van der Waals surface area contributed by atoms with Crippen molar-refractivity contribution in [2.75, 3.05) is 13.6 Å². The average Bonchev–Trinajstić information content (AvgIpc) is 2.42. The van der Waals surface area contributed by atoms with Crippen LogP contribution in [-0.4, -0.2) is 19.6 Å². The molecule has 0 aromatic heterocycles. The third kappa shape index (κ3) is 5.91. The Morgan fingerprint density at radius 1 is 1.26 bits per heavy atom. The maximum Gasteiger partial charge on any atom is 0.191 e. The zero-order valence-electron chi connectivity index (χ0n) is 11.9. The minimum absolute atomic E-state index is 0.684. The van der Waals surface area contributed by atoms with E-state index in [0.29, 0.717) is 18.0 Å². The molecule has 4 heteroatoms. The zero-order valence-corrected chi connectivity index (χ0v) is 11.9. The van der Waals surface area contributed by atoms with Gasteiger partial charge in [0, 0.05) is 20.1 Å². The molecule has 1 aromatic rings. The van der Waals surface area contributed by atoms with Gasteiger partial charge < -0.3 is 10.6 Å². The molecule has 4 nitrogen and oxygen atoms in total. The van der Waals surface area contributed by atoms with Gasteiger partial charge in [-0.25, -0.2) is 0 Å². The fraction of sp³-hybridized carbons (Fsp3) is 0.467. The molecular weight excluding hydrogens is 236 g/mol. The molecule has 0 radical (unpaired) electrons. The Morgan fingerprint density at radius 2 is 1.95 bits per heavy atom. The molecular formula is C15H22N4. The number of rotatable bonds is 5. The van der Waals surface area contributed by atoms with E-state index < -0.39 is 0 Å². The predicted octanol–water partition coefficient (Wildman–Crippen LogP) is 2.27. The number of hydrogen-bond acceptors (Lipinski definition) is 2. The van der Waals surface area contributed by atoms with E-state index in [1.807, 2.05) is 24.3 Å².